The van der Waals surface area contributed by atoms with Gasteiger partial charge >= 0.3 is 0 Å². The minimum atomic E-state index is 0.693. The summed E-state index contributed by atoms with van der Waals surface area (Å²) in [4.78, 5) is 5.98. The molecular weight excluding hydrogens is 256 g/mol. The van der Waals surface area contributed by atoms with Gasteiger partial charge in [0.05, 0.1) is 17.3 Å². The van der Waals surface area contributed by atoms with Gasteiger partial charge in [0, 0.05) is 16.9 Å². The summed E-state index contributed by atoms with van der Waals surface area (Å²) in [5.41, 5.74) is 7.77. The van der Waals surface area contributed by atoms with Gasteiger partial charge in [-0.25, -0.2) is 4.98 Å². The predicted molar refractivity (Wildman–Crippen MR) is 80.8 cm³/mol. The molecule has 2 rings (SSSR count). The first-order valence-corrected chi connectivity index (χ1v) is 7.46. The number of aromatic nitrogens is 1. The number of benzene rings is 1. The van der Waals surface area contributed by atoms with Crippen LogP contribution in [0.3, 0.4) is 0 Å². The Morgan fingerprint density at radius 2 is 2.00 bits per heavy atom. The van der Waals surface area contributed by atoms with Gasteiger partial charge in [0.15, 0.2) is 0 Å². The molecule has 0 amide bonds. The van der Waals surface area contributed by atoms with Crippen LogP contribution in [0.4, 0.5) is 0 Å². The van der Waals surface area contributed by atoms with Crippen molar-refractivity contribution in [2.45, 2.75) is 26.7 Å². The van der Waals surface area contributed by atoms with E-state index in [9.17, 15) is 0 Å². The highest BCUT2D eigenvalue weighted by atomic mass is 32.1. The zero-order valence-corrected chi connectivity index (χ0v) is 12.3. The zero-order chi connectivity index (χ0) is 13.7. The fraction of sp³-hybridized carbons (Fsp3) is 0.400. The van der Waals surface area contributed by atoms with E-state index in [1.54, 1.807) is 11.3 Å². The molecule has 102 valence electrons. The molecule has 0 saturated carbocycles. The Morgan fingerprint density at radius 3 is 2.63 bits per heavy atom. The van der Waals surface area contributed by atoms with Crippen LogP contribution in [-0.4, -0.2) is 18.1 Å². The molecule has 19 heavy (non-hydrogen) atoms. The van der Waals surface area contributed by atoms with Gasteiger partial charge in [-0.1, -0.05) is 0 Å². The van der Waals surface area contributed by atoms with Gasteiger partial charge < -0.3 is 10.5 Å². The first-order valence-electron chi connectivity index (χ1n) is 6.64. The summed E-state index contributed by atoms with van der Waals surface area (Å²) in [5, 5.41) is 1.17. The monoisotopic (exact) mass is 276 g/mol. The maximum absolute atomic E-state index is 5.54. The Morgan fingerprint density at radius 1 is 1.26 bits per heavy atom. The standard InChI is InChI=1S/C15H20N2OS/c1-3-18-13-8-6-12(7-9-13)15-11(2)19-14(17-15)5-4-10-16/h6-9H,3-5,10,16H2,1-2H3. The summed E-state index contributed by atoms with van der Waals surface area (Å²) in [6, 6.07) is 8.13. The minimum Gasteiger partial charge on any atom is -0.494 e. The van der Waals surface area contributed by atoms with Crippen LogP contribution in [-0.2, 0) is 6.42 Å². The molecular formula is C15H20N2OS. The van der Waals surface area contributed by atoms with Gasteiger partial charge in [0.2, 0.25) is 0 Å². The van der Waals surface area contributed by atoms with Gasteiger partial charge in [-0.15, -0.1) is 11.3 Å². The topological polar surface area (TPSA) is 48.1 Å². The van der Waals surface area contributed by atoms with E-state index in [1.165, 1.54) is 9.88 Å². The molecule has 0 aliphatic heterocycles. The van der Waals surface area contributed by atoms with E-state index < -0.39 is 0 Å². The largest absolute Gasteiger partial charge is 0.494 e. The van der Waals surface area contributed by atoms with E-state index in [0.29, 0.717) is 6.61 Å². The fourth-order valence-electron chi connectivity index (χ4n) is 1.96. The Labute approximate surface area is 118 Å². The van der Waals surface area contributed by atoms with E-state index in [-0.39, 0.29) is 0 Å². The van der Waals surface area contributed by atoms with Crippen molar-refractivity contribution in [2.24, 2.45) is 5.73 Å². The third-order valence-electron chi connectivity index (χ3n) is 2.87. The molecule has 0 unspecified atom stereocenters. The second-order valence-corrected chi connectivity index (χ2v) is 5.65. The lowest BCUT2D eigenvalue weighted by molar-refractivity contribution is 0.340. The smallest absolute Gasteiger partial charge is 0.119 e. The van der Waals surface area contributed by atoms with Crippen LogP contribution in [0.5, 0.6) is 5.75 Å². The molecule has 1 heterocycles. The number of hydrogen-bond donors (Lipinski definition) is 1. The Balaban J connectivity index is 2.18. The number of hydrogen-bond acceptors (Lipinski definition) is 4. The van der Waals surface area contributed by atoms with Crippen LogP contribution in [0.2, 0.25) is 0 Å². The second kappa shape index (κ2) is 6.68. The van der Waals surface area contributed by atoms with E-state index in [4.69, 9.17) is 15.5 Å². The van der Waals surface area contributed by atoms with Gasteiger partial charge in [-0.2, -0.15) is 0 Å². The first kappa shape index (κ1) is 14.0. The van der Waals surface area contributed by atoms with Crippen LogP contribution in [0, 0.1) is 6.92 Å². The minimum absolute atomic E-state index is 0.693. The third kappa shape index (κ3) is 3.55. The second-order valence-electron chi connectivity index (χ2n) is 4.36. The van der Waals surface area contributed by atoms with E-state index >= 15 is 0 Å². The van der Waals surface area contributed by atoms with Crippen molar-refractivity contribution < 1.29 is 4.74 Å². The van der Waals surface area contributed by atoms with Crippen LogP contribution in [0.25, 0.3) is 11.3 Å². The zero-order valence-electron chi connectivity index (χ0n) is 11.5. The highest BCUT2D eigenvalue weighted by Crippen LogP contribution is 2.29. The SMILES string of the molecule is CCOc1ccc(-c2nc(CCCN)sc2C)cc1. The number of rotatable bonds is 6. The molecule has 1 aromatic heterocycles. The number of aryl methyl sites for hydroxylation is 2. The van der Waals surface area contributed by atoms with Gasteiger partial charge in [-0.3, -0.25) is 0 Å². The summed E-state index contributed by atoms with van der Waals surface area (Å²) in [6.45, 7) is 5.52. The molecule has 4 heteroatoms. The lowest BCUT2D eigenvalue weighted by atomic mass is 10.1. The Bertz CT molecular complexity index is 519. The van der Waals surface area contributed by atoms with Crippen molar-refractivity contribution >= 4 is 11.3 Å². The van der Waals surface area contributed by atoms with Crippen molar-refractivity contribution in [3.8, 4) is 17.0 Å². The van der Waals surface area contributed by atoms with Crippen molar-refractivity contribution in [3.63, 3.8) is 0 Å². The summed E-state index contributed by atoms with van der Waals surface area (Å²) in [5.74, 6) is 0.905. The van der Waals surface area contributed by atoms with Crippen molar-refractivity contribution in [3.05, 3.63) is 34.2 Å². The molecule has 0 fully saturated rings. The number of ether oxygens (including phenoxy) is 1. The predicted octanol–water partition coefficient (Wildman–Crippen LogP) is 3.41. The van der Waals surface area contributed by atoms with Crippen LogP contribution in [0.15, 0.2) is 24.3 Å². The fourth-order valence-corrected chi connectivity index (χ4v) is 2.95. The number of nitrogens with two attached hydrogens (primary N) is 1. The summed E-state index contributed by atoms with van der Waals surface area (Å²) < 4.78 is 5.45. The molecule has 0 saturated heterocycles. The van der Waals surface area contributed by atoms with Crippen LogP contribution >= 0.6 is 11.3 Å². The van der Waals surface area contributed by atoms with E-state index in [1.807, 2.05) is 19.1 Å². The maximum atomic E-state index is 5.54. The van der Waals surface area contributed by atoms with Crippen LogP contribution < -0.4 is 10.5 Å². The number of nitrogens with zero attached hydrogens (tertiary/aromatic N) is 1. The third-order valence-corrected chi connectivity index (χ3v) is 3.90. The average molecular weight is 276 g/mol. The Hall–Kier alpha value is -1.39. The molecule has 0 radical (unpaired) electrons. The van der Waals surface area contributed by atoms with E-state index in [0.717, 1.165) is 36.4 Å². The summed E-state index contributed by atoms with van der Waals surface area (Å²) in [6.07, 6.45) is 1.97. The molecule has 1 aromatic carbocycles. The summed E-state index contributed by atoms with van der Waals surface area (Å²) >= 11 is 1.77. The van der Waals surface area contributed by atoms with E-state index in [2.05, 4.69) is 19.1 Å². The van der Waals surface area contributed by atoms with Crippen molar-refractivity contribution in [2.75, 3.05) is 13.2 Å². The average Bonchev–Trinajstić information content (AvgIpc) is 2.79. The van der Waals surface area contributed by atoms with Gasteiger partial charge in [-0.05, 0) is 51.1 Å². The van der Waals surface area contributed by atoms with Gasteiger partial charge in [0.1, 0.15) is 5.75 Å². The maximum Gasteiger partial charge on any atom is 0.119 e. The van der Waals surface area contributed by atoms with Crippen LogP contribution in [0.1, 0.15) is 23.2 Å². The molecule has 2 aromatic rings. The van der Waals surface area contributed by atoms with Gasteiger partial charge in [0.25, 0.3) is 0 Å². The highest BCUT2D eigenvalue weighted by Gasteiger charge is 2.09. The summed E-state index contributed by atoms with van der Waals surface area (Å²) in [7, 11) is 0. The molecule has 3 nitrogen and oxygen atoms in total. The lowest BCUT2D eigenvalue weighted by Crippen LogP contribution is -1.99. The molecule has 2 N–H and O–H groups in total. The normalized spacial score (nSPS) is 10.7. The first-order chi connectivity index (χ1) is 9.24. The van der Waals surface area contributed by atoms with Crippen molar-refractivity contribution in [1.82, 2.24) is 4.98 Å². The van der Waals surface area contributed by atoms with Crippen molar-refractivity contribution in [1.29, 1.82) is 0 Å². The lowest BCUT2D eigenvalue weighted by Gasteiger charge is -2.04. The molecule has 0 aliphatic rings. The quantitative estimate of drug-likeness (QED) is 0.879. The molecule has 0 bridgehead atoms. The Kier molecular flexibility index (Phi) is 4.93. The number of thiazole rings is 1. The molecule has 0 spiro atoms. The molecule has 0 atom stereocenters. The molecule has 0 aliphatic carbocycles. The highest BCUT2D eigenvalue weighted by molar-refractivity contribution is 7.12.